The van der Waals surface area contributed by atoms with Gasteiger partial charge in [0, 0.05) is 28.2 Å². The molecule has 0 spiro atoms. The number of hydrogen-bond donors (Lipinski definition) is 0. The summed E-state index contributed by atoms with van der Waals surface area (Å²) in [5, 5.41) is 2.43. The molecule has 0 fully saturated rings. The van der Waals surface area contributed by atoms with E-state index in [2.05, 4.69) is 191 Å². The first-order valence-corrected chi connectivity index (χ1v) is 22.6. The van der Waals surface area contributed by atoms with Crippen molar-refractivity contribution >= 4 is 45.2 Å². The van der Waals surface area contributed by atoms with Gasteiger partial charge in [-0.25, -0.2) is 4.98 Å². The van der Waals surface area contributed by atoms with Crippen molar-refractivity contribution in [1.29, 1.82) is 0 Å². The van der Waals surface area contributed by atoms with Crippen LogP contribution in [0.1, 0.15) is 33.4 Å². The number of hydrogen-bond acceptors (Lipinski definition) is 5. The summed E-state index contributed by atoms with van der Waals surface area (Å²) in [6, 6.07) is 70.9. The van der Waals surface area contributed by atoms with Crippen LogP contribution in [0.4, 0.5) is 34.4 Å². The molecule has 10 aromatic rings. The standard InChI is InChI=1S/C61H51N5/c1-40-36-42(3)57(43(4)37-40)66(58-44(5)38-41(2)39-45(58)6)53-34-32-52(33-35-53)65(61-63-59(49-20-12-8-13-21-49)62-60(64-61)50-22-14-9-15-23-50)51-30-28-47(29-31-51)55-27-17-25-48-24-16-26-54(56(48)55)46-18-10-7-11-19-46/h7-39H,1-6H3. The van der Waals surface area contributed by atoms with Crippen LogP contribution >= 0.6 is 0 Å². The van der Waals surface area contributed by atoms with Gasteiger partial charge in [-0.3, -0.25) is 4.90 Å². The van der Waals surface area contributed by atoms with Gasteiger partial charge >= 0.3 is 0 Å². The second-order valence-electron chi connectivity index (χ2n) is 17.3. The summed E-state index contributed by atoms with van der Waals surface area (Å²) in [6.45, 7) is 13.2. The van der Waals surface area contributed by atoms with Gasteiger partial charge in [0.15, 0.2) is 11.6 Å². The molecule has 320 valence electrons. The van der Waals surface area contributed by atoms with Gasteiger partial charge in [0.05, 0.1) is 11.4 Å². The maximum atomic E-state index is 5.26. The molecule has 1 heterocycles. The van der Waals surface area contributed by atoms with Crippen molar-refractivity contribution in [1.82, 2.24) is 15.0 Å². The van der Waals surface area contributed by atoms with Crippen LogP contribution in [0.15, 0.2) is 200 Å². The van der Waals surface area contributed by atoms with Crippen molar-refractivity contribution in [2.75, 3.05) is 9.80 Å². The van der Waals surface area contributed by atoms with Crippen LogP contribution in [0, 0.1) is 41.5 Å². The van der Waals surface area contributed by atoms with Gasteiger partial charge in [0.25, 0.3) is 0 Å². The molecule has 0 unspecified atom stereocenters. The van der Waals surface area contributed by atoms with Gasteiger partial charge < -0.3 is 4.90 Å². The van der Waals surface area contributed by atoms with Gasteiger partial charge in [0.2, 0.25) is 5.95 Å². The third kappa shape index (κ3) is 8.12. The Balaban J connectivity index is 1.15. The lowest BCUT2D eigenvalue weighted by Crippen LogP contribution is -2.17. The molecule has 0 saturated carbocycles. The number of aryl methyl sites for hydroxylation is 6. The quantitative estimate of drug-likeness (QED) is 0.137. The van der Waals surface area contributed by atoms with E-state index in [1.165, 1.54) is 72.2 Å². The molecule has 0 atom stereocenters. The normalized spacial score (nSPS) is 11.2. The minimum absolute atomic E-state index is 0.520. The first-order valence-electron chi connectivity index (χ1n) is 22.6. The number of rotatable bonds is 10. The summed E-state index contributed by atoms with van der Waals surface area (Å²) in [5.74, 6) is 1.72. The predicted molar refractivity (Wildman–Crippen MR) is 277 cm³/mol. The summed E-state index contributed by atoms with van der Waals surface area (Å²) in [4.78, 5) is 20.2. The molecule has 0 amide bonds. The van der Waals surface area contributed by atoms with E-state index in [9.17, 15) is 0 Å². The topological polar surface area (TPSA) is 45.2 Å². The maximum absolute atomic E-state index is 5.26. The lowest BCUT2D eigenvalue weighted by atomic mass is 9.91. The van der Waals surface area contributed by atoms with Gasteiger partial charge in [0.1, 0.15) is 0 Å². The number of fused-ring (bicyclic) bond motifs is 1. The Morgan fingerprint density at radius 3 is 1.11 bits per heavy atom. The summed E-state index contributed by atoms with van der Waals surface area (Å²) in [5.41, 5.74) is 19.2. The largest absolute Gasteiger partial charge is 0.309 e. The molecule has 0 radical (unpaired) electrons. The van der Waals surface area contributed by atoms with Gasteiger partial charge in [-0.2, -0.15) is 9.97 Å². The van der Waals surface area contributed by atoms with E-state index >= 15 is 0 Å². The fraction of sp³-hybridized carbons (Fsp3) is 0.0984. The molecule has 0 aliphatic heterocycles. The highest BCUT2D eigenvalue weighted by Gasteiger charge is 2.24. The molecule has 66 heavy (non-hydrogen) atoms. The van der Waals surface area contributed by atoms with E-state index in [-0.39, 0.29) is 0 Å². The van der Waals surface area contributed by atoms with Crippen molar-refractivity contribution in [2.24, 2.45) is 0 Å². The first kappa shape index (κ1) is 41.8. The fourth-order valence-corrected chi connectivity index (χ4v) is 9.68. The SMILES string of the molecule is Cc1cc(C)c(N(c2ccc(N(c3ccc(-c4cccc5cccc(-c6ccccc6)c45)cc3)c3nc(-c4ccccc4)nc(-c4ccccc4)n3)cc2)c2c(C)cc(C)cc2C)c(C)c1. The molecule has 1 aromatic heterocycles. The van der Waals surface area contributed by atoms with Gasteiger partial charge in [-0.1, -0.05) is 175 Å². The molecule has 10 rings (SSSR count). The Labute approximate surface area is 388 Å². The summed E-state index contributed by atoms with van der Waals surface area (Å²) < 4.78 is 0. The summed E-state index contributed by atoms with van der Waals surface area (Å²) in [7, 11) is 0. The second kappa shape index (κ2) is 17.8. The molecule has 9 aromatic carbocycles. The van der Waals surface area contributed by atoms with E-state index in [1.54, 1.807) is 0 Å². The molecule has 0 aliphatic carbocycles. The number of benzene rings is 9. The number of anilines is 6. The molecule has 0 aliphatic rings. The van der Waals surface area contributed by atoms with Crippen molar-refractivity contribution in [2.45, 2.75) is 41.5 Å². The average molecular weight is 854 g/mol. The fourth-order valence-electron chi connectivity index (χ4n) is 9.68. The average Bonchev–Trinajstić information content (AvgIpc) is 3.34. The zero-order valence-corrected chi connectivity index (χ0v) is 38.3. The maximum Gasteiger partial charge on any atom is 0.238 e. The lowest BCUT2D eigenvalue weighted by molar-refractivity contribution is 1.02. The third-order valence-corrected chi connectivity index (χ3v) is 12.4. The molecule has 5 nitrogen and oxygen atoms in total. The smallest absolute Gasteiger partial charge is 0.238 e. The Morgan fingerprint density at radius 2 is 0.682 bits per heavy atom. The van der Waals surface area contributed by atoms with Crippen LogP contribution in [0.3, 0.4) is 0 Å². The molecule has 0 bridgehead atoms. The summed E-state index contributed by atoms with van der Waals surface area (Å²) >= 11 is 0. The Hall–Kier alpha value is -8.15. The predicted octanol–water partition coefficient (Wildman–Crippen LogP) is 16.5. The zero-order valence-electron chi connectivity index (χ0n) is 38.3. The van der Waals surface area contributed by atoms with E-state index in [0.29, 0.717) is 17.6 Å². The minimum Gasteiger partial charge on any atom is -0.309 e. The van der Waals surface area contributed by atoms with E-state index < -0.39 is 0 Å². The van der Waals surface area contributed by atoms with Crippen LogP contribution in [0.25, 0.3) is 55.8 Å². The van der Waals surface area contributed by atoms with E-state index in [1.807, 2.05) is 60.7 Å². The Kier molecular flexibility index (Phi) is 11.3. The van der Waals surface area contributed by atoms with Crippen LogP contribution in [-0.2, 0) is 0 Å². The second-order valence-corrected chi connectivity index (χ2v) is 17.3. The van der Waals surface area contributed by atoms with Crippen LogP contribution in [0.5, 0.6) is 0 Å². The number of aromatic nitrogens is 3. The van der Waals surface area contributed by atoms with Crippen LogP contribution < -0.4 is 9.80 Å². The Morgan fingerprint density at radius 1 is 0.318 bits per heavy atom. The Bertz CT molecular complexity index is 3180. The highest BCUT2D eigenvalue weighted by atomic mass is 15.3. The van der Waals surface area contributed by atoms with Crippen molar-refractivity contribution in [3.05, 3.63) is 234 Å². The van der Waals surface area contributed by atoms with Crippen molar-refractivity contribution in [3.63, 3.8) is 0 Å². The minimum atomic E-state index is 0.520. The molecule has 0 saturated heterocycles. The number of nitrogens with zero attached hydrogens (tertiary/aromatic N) is 5. The highest BCUT2D eigenvalue weighted by molar-refractivity contribution is 6.06. The van der Waals surface area contributed by atoms with Crippen molar-refractivity contribution in [3.8, 4) is 45.0 Å². The van der Waals surface area contributed by atoms with Gasteiger partial charge in [-0.05, 0) is 133 Å². The lowest BCUT2D eigenvalue weighted by Gasteiger charge is -2.32. The molecular weight excluding hydrogens is 803 g/mol. The van der Waals surface area contributed by atoms with E-state index in [0.717, 1.165) is 33.8 Å². The molecular formula is C61H51N5. The monoisotopic (exact) mass is 853 g/mol. The van der Waals surface area contributed by atoms with E-state index in [4.69, 9.17) is 15.0 Å². The molecule has 5 heteroatoms. The molecule has 0 N–H and O–H groups in total. The van der Waals surface area contributed by atoms with Crippen LogP contribution in [0.2, 0.25) is 0 Å². The third-order valence-electron chi connectivity index (χ3n) is 12.4. The van der Waals surface area contributed by atoms with Crippen LogP contribution in [-0.4, -0.2) is 15.0 Å². The van der Waals surface area contributed by atoms with Gasteiger partial charge in [-0.15, -0.1) is 0 Å². The van der Waals surface area contributed by atoms with Crippen molar-refractivity contribution < 1.29 is 0 Å². The zero-order chi connectivity index (χ0) is 45.3. The first-order chi connectivity index (χ1) is 32.2. The summed E-state index contributed by atoms with van der Waals surface area (Å²) in [6.07, 6.45) is 0. The highest BCUT2D eigenvalue weighted by Crippen LogP contribution is 2.45.